The minimum absolute atomic E-state index is 0.588. The molecule has 2 unspecified atom stereocenters. The van der Waals surface area contributed by atoms with E-state index in [-0.39, 0.29) is 0 Å². The van der Waals surface area contributed by atoms with Crippen LogP contribution < -0.4 is 0 Å². The fourth-order valence-electron chi connectivity index (χ4n) is 1.85. The topological polar surface area (TPSA) is 21.8 Å². The molecule has 0 aliphatic carbocycles. The van der Waals surface area contributed by atoms with Gasteiger partial charge in [-0.1, -0.05) is 12.8 Å². The van der Waals surface area contributed by atoms with Crippen LogP contribution in [0.1, 0.15) is 38.5 Å². The van der Waals surface area contributed by atoms with Crippen LogP contribution in [0.5, 0.6) is 0 Å². The van der Waals surface area contributed by atoms with Crippen LogP contribution in [0.3, 0.4) is 0 Å². The van der Waals surface area contributed by atoms with Crippen molar-refractivity contribution in [1.82, 2.24) is 0 Å². The third kappa shape index (κ3) is 2.76. The molecular formula is C10H18O2. The molecule has 0 radical (unpaired) electrons. The van der Waals surface area contributed by atoms with Gasteiger partial charge in [0.05, 0.1) is 18.8 Å². The first-order chi connectivity index (χ1) is 5.95. The van der Waals surface area contributed by atoms with Gasteiger partial charge in [-0.25, -0.2) is 0 Å². The van der Waals surface area contributed by atoms with Gasteiger partial charge in [-0.3, -0.25) is 0 Å². The highest BCUT2D eigenvalue weighted by Gasteiger charge is 2.21. The van der Waals surface area contributed by atoms with Gasteiger partial charge in [0.2, 0.25) is 0 Å². The molecule has 0 bridgehead atoms. The lowest BCUT2D eigenvalue weighted by Crippen LogP contribution is -2.04. The van der Waals surface area contributed by atoms with Gasteiger partial charge < -0.3 is 9.47 Å². The van der Waals surface area contributed by atoms with Gasteiger partial charge in [-0.15, -0.1) is 0 Å². The first-order valence-corrected chi connectivity index (χ1v) is 5.18. The van der Waals surface area contributed by atoms with Crippen molar-refractivity contribution >= 4 is 0 Å². The van der Waals surface area contributed by atoms with Gasteiger partial charge in [-0.2, -0.15) is 0 Å². The summed E-state index contributed by atoms with van der Waals surface area (Å²) in [4.78, 5) is 0. The maximum Gasteiger partial charge on any atom is 0.0810 e. The lowest BCUT2D eigenvalue weighted by molar-refractivity contribution is 0.102. The van der Waals surface area contributed by atoms with Gasteiger partial charge >= 0.3 is 0 Å². The molecule has 0 saturated carbocycles. The Morgan fingerprint density at radius 2 is 1.75 bits per heavy atom. The summed E-state index contributed by atoms with van der Waals surface area (Å²) in [7, 11) is 0. The smallest absolute Gasteiger partial charge is 0.0810 e. The molecule has 12 heavy (non-hydrogen) atoms. The lowest BCUT2D eigenvalue weighted by atomic mass is 10.1. The Labute approximate surface area is 74.2 Å². The summed E-state index contributed by atoms with van der Waals surface area (Å²) in [6, 6.07) is 0. The first-order valence-electron chi connectivity index (χ1n) is 5.18. The zero-order valence-corrected chi connectivity index (χ0v) is 7.63. The Morgan fingerprint density at radius 1 is 1.00 bits per heavy atom. The summed E-state index contributed by atoms with van der Waals surface area (Å²) in [5, 5.41) is 0. The predicted molar refractivity (Wildman–Crippen MR) is 47.2 cm³/mol. The van der Waals surface area contributed by atoms with E-state index in [0.29, 0.717) is 12.2 Å². The quantitative estimate of drug-likeness (QED) is 0.465. The van der Waals surface area contributed by atoms with Crippen molar-refractivity contribution in [3.8, 4) is 0 Å². The predicted octanol–water partition coefficient (Wildman–Crippen LogP) is 2.12. The van der Waals surface area contributed by atoms with E-state index in [9.17, 15) is 0 Å². The second kappa shape index (κ2) is 4.24. The van der Waals surface area contributed by atoms with Crippen LogP contribution in [-0.4, -0.2) is 25.4 Å². The molecule has 2 fully saturated rings. The Balaban J connectivity index is 1.44. The average Bonchev–Trinajstić information content (AvgIpc) is 2.76. The highest BCUT2D eigenvalue weighted by atomic mass is 16.6. The normalized spacial score (nSPS) is 34.0. The highest BCUT2D eigenvalue weighted by molar-refractivity contribution is 4.70. The molecule has 0 amide bonds. The molecule has 0 aromatic heterocycles. The number of hydrogen-bond acceptors (Lipinski definition) is 2. The first kappa shape index (κ1) is 8.52. The van der Waals surface area contributed by atoms with Crippen molar-refractivity contribution in [2.45, 2.75) is 50.7 Å². The van der Waals surface area contributed by atoms with Crippen LogP contribution in [-0.2, 0) is 9.47 Å². The summed E-state index contributed by atoms with van der Waals surface area (Å²) in [5.41, 5.74) is 0. The van der Waals surface area contributed by atoms with Crippen molar-refractivity contribution in [2.24, 2.45) is 0 Å². The van der Waals surface area contributed by atoms with Crippen LogP contribution in [0, 0.1) is 0 Å². The maximum absolute atomic E-state index is 5.54. The van der Waals surface area contributed by atoms with Crippen molar-refractivity contribution in [1.29, 1.82) is 0 Å². The largest absolute Gasteiger partial charge is 0.378 e. The fourth-order valence-corrected chi connectivity index (χ4v) is 1.85. The fraction of sp³-hybridized carbons (Fsp3) is 1.00. The van der Waals surface area contributed by atoms with Crippen molar-refractivity contribution in [3.63, 3.8) is 0 Å². The molecule has 2 saturated heterocycles. The Morgan fingerprint density at radius 3 is 2.33 bits per heavy atom. The third-order valence-electron chi connectivity index (χ3n) is 2.73. The van der Waals surface area contributed by atoms with E-state index in [0.717, 1.165) is 13.2 Å². The van der Waals surface area contributed by atoms with Gasteiger partial charge in [-0.05, 0) is 25.7 Å². The van der Waals surface area contributed by atoms with Gasteiger partial charge in [0, 0.05) is 6.61 Å². The highest BCUT2D eigenvalue weighted by Crippen LogP contribution is 2.21. The van der Waals surface area contributed by atoms with Crippen molar-refractivity contribution < 1.29 is 9.47 Å². The number of ether oxygens (including phenoxy) is 2. The standard InChI is InChI=1S/C10H18O2/c1(2-5-10-8-12-10)4-9-6-3-7-11-9/h9-10H,1-8H2. The van der Waals surface area contributed by atoms with E-state index in [2.05, 4.69) is 0 Å². The summed E-state index contributed by atoms with van der Waals surface area (Å²) in [6.07, 6.45) is 8.96. The van der Waals surface area contributed by atoms with E-state index >= 15 is 0 Å². The van der Waals surface area contributed by atoms with Gasteiger partial charge in [0.1, 0.15) is 0 Å². The van der Waals surface area contributed by atoms with Gasteiger partial charge in [0.15, 0.2) is 0 Å². The van der Waals surface area contributed by atoms with Crippen LogP contribution in [0.15, 0.2) is 0 Å². The zero-order valence-electron chi connectivity index (χ0n) is 7.63. The van der Waals surface area contributed by atoms with Crippen LogP contribution in [0.4, 0.5) is 0 Å². The lowest BCUT2D eigenvalue weighted by Gasteiger charge is -2.07. The Bertz CT molecular complexity index is 126. The van der Waals surface area contributed by atoms with E-state index in [1.165, 1.54) is 38.5 Å². The molecule has 0 aromatic carbocycles. The summed E-state index contributed by atoms with van der Waals surface area (Å²) < 4.78 is 10.7. The number of rotatable bonds is 5. The van der Waals surface area contributed by atoms with Crippen molar-refractivity contribution in [2.75, 3.05) is 13.2 Å². The zero-order chi connectivity index (χ0) is 8.23. The van der Waals surface area contributed by atoms with Crippen LogP contribution in [0.2, 0.25) is 0 Å². The summed E-state index contributed by atoms with van der Waals surface area (Å²) in [5.74, 6) is 0. The van der Waals surface area contributed by atoms with Crippen LogP contribution >= 0.6 is 0 Å². The molecule has 0 aromatic rings. The number of epoxide rings is 1. The van der Waals surface area contributed by atoms with E-state index < -0.39 is 0 Å². The number of unbranched alkanes of at least 4 members (excludes halogenated alkanes) is 1. The molecule has 0 spiro atoms. The molecule has 70 valence electrons. The summed E-state index contributed by atoms with van der Waals surface area (Å²) in [6.45, 7) is 2.01. The molecule has 2 rings (SSSR count). The second-order valence-electron chi connectivity index (χ2n) is 3.87. The maximum atomic E-state index is 5.54. The Kier molecular flexibility index (Phi) is 3.01. The molecule has 2 heteroatoms. The molecule has 2 aliphatic heterocycles. The second-order valence-corrected chi connectivity index (χ2v) is 3.87. The van der Waals surface area contributed by atoms with Crippen LogP contribution in [0.25, 0.3) is 0 Å². The molecule has 2 heterocycles. The monoisotopic (exact) mass is 170 g/mol. The minimum atomic E-state index is 0.588. The van der Waals surface area contributed by atoms with E-state index in [1.54, 1.807) is 0 Å². The Hall–Kier alpha value is -0.0800. The summed E-state index contributed by atoms with van der Waals surface area (Å²) >= 11 is 0. The average molecular weight is 170 g/mol. The van der Waals surface area contributed by atoms with E-state index in [4.69, 9.17) is 9.47 Å². The molecule has 2 atom stereocenters. The number of hydrogen-bond donors (Lipinski definition) is 0. The molecule has 0 N–H and O–H groups in total. The molecular weight excluding hydrogens is 152 g/mol. The molecule has 2 aliphatic rings. The SMILES string of the molecule is C(CCC1CO1)CC1CCCO1. The van der Waals surface area contributed by atoms with Gasteiger partial charge in [0.25, 0.3) is 0 Å². The van der Waals surface area contributed by atoms with Crippen molar-refractivity contribution in [3.05, 3.63) is 0 Å². The third-order valence-corrected chi connectivity index (χ3v) is 2.73. The molecule has 2 nitrogen and oxygen atoms in total. The minimum Gasteiger partial charge on any atom is -0.378 e. The van der Waals surface area contributed by atoms with E-state index in [1.807, 2.05) is 0 Å².